The average molecular weight is 242 g/mol. The average Bonchev–Trinajstić information content (AvgIpc) is 2.54. The molecule has 0 bridgehead atoms. The molecular formula is C13H26N2O2. The molecule has 1 aliphatic rings. The van der Waals surface area contributed by atoms with E-state index in [1.54, 1.807) is 0 Å². The van der Waals surface area contributed by atoms with Crippen LogP contribution in [0.25, 0.3) is 0 Å². The summed E-state index contributed by atoms with van der Waals surface area (Å²) in [5.41, 5.74) is -0.698. The van der Waals surface area contributed by atoms with Crippen LogP contribution in [0.2, 0.25) is 0 Å². The normalized spacial score (nSPS) is 22.1. The van der Waals surface area contributed by atoms with Crippen molar-refractivity contribution < 1.29 is 9.90 Å². The lowest BCUT2D eigenvalue weighted by Gasteiger charge is -2.37. The predicted octanol–water partition coefficient (Wildman–Crippen LogP) is 1.56. The number of hydrogen-bond donors (Lipinski definition) is 2. The molecule has 1 aliphatic heterocycles. The first-order valence-electron chi connectivity index (χ1n) is 6.66. The zero-order chi connectivity index (χ0) is 12.9. The lowest BCUT2D eigenvalue weighted by molar-refractivity contribution is -0.151. The van der Waals surface area contributed by atoms with E-state index in [-0.39, 0.29) is 0 Å². The molecule has 0 aliphatic carbocycles. The van der Waals surface area contributed by atoms with E-state index in [2.05, 4.69) is 24.1 Å². The maximum Gasteiger partial charge on any atom is 0.323 e. The van der Waals surface area contributed by atoms with Crippen LogP contribution in [0.1, 0.15) is 40.0 Å². The maximum atomic E-state index is 11.6. The SMILES string of the molecule is CC(C)CCC(C)(C(=O)O)N1CCCNCC1. The minimum Gasteiger partial charge on any atom is -0.480 e. The Morgan fingerprint density at radius 3 is 2.71 bits per heavy atom. The van der Waals surface area contributed by atoms with Crippen molar-refractivity contribution in [3.05, 3.63) is 0 Å². The van der Waals surface area contributed by atoms with E-state index in [1.165, 1.54) is 0 Å². The summed E-state index contributed by atoms with van der Waals surface area (Å²) in [7, 11) is 0. The molecule has 1 heterocycles. The van der Waals surface area contributed by atoms with E-state index in [1.807, 2.05) is 6.92 Å². The van der Waals surface area contributed by atoms with Gasteiger partial charge in [-0.1, -0.05) is 13.8 Å². The van der Waals surface area contributed by atoms with Gasteiger partial charge in [-0.3, -0.25) is 9.69 Å². The molecule has 0 spiro atoms. The van der Waals surface area contributed by atoms with E-state index in [9.17, 15) is 9.90 Å². The molecule has 0 amide bonds. The van der Waals surface area contributed by atoms with Crippen LogP contribution >= 0.6 is 0 Å². The standard InChI is InChI=1S/C13H26N2O2/c1-11(2)5-6-13(3,12(16)17)15-9-4-7-14-8-10-15/h11,14H,4-10H2,1-3H3,(H,16,17). The summed E-state index contributed by atoms with van der Waals surface area (Å²) in [6.45, 7) is 9.78. The van der Waals surface area contributed by atoms with Crippen LogP contribution in [-0.2, 0) is 4.79 Å². The number of rotatable bonds is 5. The van der Waals surface area contributed by atoms with Crippen molar-refractivity contribution in [3.8, 4) is 0 Å². The van der Waals surface area contributed by atoms with Crippen LogP contribution in [0.4, 0.5) is 0 Å². The summed E-state index contributed by atoms with van der Waals surface area (Å²) < 4.78 is 0. The molecule has 1 rings (SSSR count). The van der Waals surface area contributed by atoms with Gasteiger partial charge < -0.3 is 10.4 Å². The number of nitrogens with one attached hydrogen (secondary N) is 1. The first-order chi connectivity index (χ1) is 7.97. The highest BCUT2D eigenvalue weighted by molar-refractivity contribution is 5.78. The second-order valence-electron chi connectivity index (χ2n) is 5.60. The number of nitrogens with zero attached hydrogens (tertiary/aromatic N) is 1. The van der Waals surface area contributed by atoms with Crippen molar-refractivity contribution in [1.82, 2.24) is 10.2 Å². The fourth-order valence-electron chi connectivity index (χ4n) is 2.31. The second-order valence-corrected chi connectivity index (χ2v) is 5.60. The highest BCUT2D eigenvalue weighted by Crippen LogP contribution is 2.24. The van der Waals surface area contributed by atoms with Crippen molar-refractivity contribution in [2.45, 2.75) is 45.6 Å². The Morgan fingerprint density at radius 2 is 2.12 bits per heavy atom. The molecule has 4 heteroatoms. The summed E-state index contributed by atoms with van der Waals surface area (Å²) in [6, 6.07) is 0. The number of hydrogen-bond acceptors (Lipinski definition) is 3. The van der Waals surface area contributed by atoms with Crippen molar-refractivity contribution in [2.75, 3.05) is 26.2 Å². The fourth-order valence-corrected chi connectivity index (χ4v) is 2.31. The Balaban J connectivity index is 2.70. The molecule has 1 fully saturated rings. The van der Waals surface area contributed by atoms with E-state index < -0.39 is 11.5 Å². The summed E-state index contributed by atoms with van der Waals surface area (Å²) in [5, 5.41) is 12.8. The van der Waals surface area contributed by atoms with Crippen LogP contribution in [-0.4, -0.2) is 47.7 Å². The van der Waals surface area contributed by atoms with Crippen molar-refractivity contribution in [1.29, 1.82) is 0 Å². The van der Waals surface area contributed by atoms with Gasteiger partial charge in [-0.2, -0.15) is 0 Å². The quantitative estimate of drug-likeness (QED) is 0.768. The Morgan fingerprint density at radius 1 is 1.41 bits per heavy atom. The molecule has 17 heavy (non-hydrogen) atoms. The first-order valence-corrected chi connectivity index (χ1v) is 6.66. The van der Waals surface area contributed by atoms with Crippen LogP contribution in [0.5, 0.6) is 0 Å². The minimum absolute atomic E-state index is 0.554. The lowest BCUT2D eigenvalue weighted by atomic mass is 9.90. The number of carboxylic acids is 1. The third-order valence-electron chi connectivity index (χ3n) is 3.71. The number of carboxylic acid groups (broad SMARTS) is 1. The van der Waals surface area contributed by atoms with E-state index in [0.29, 0.717) is 5.92 Å². The number of carbonyl (C=O) groups is 1. The third-order valence-corrected chi connectivity index (χ3v) is 3.71. The van der Waals surface area contributed by atoms with Crippen LogP contribution in [0, 0.1) is 5.92 Å². The highest BCUT2D eigenvalue weighted by atomic mass is 16.4. The Hall–Kier alpha value is -0.610. The van der Waals surface area contributed by atoms with E-state index >= 15 is 0 Å². The summed E-state index contributed by atoms with van der Waals surface area (Å²) in [4.78, 5) is 13.7. The van der Waals surface area contributed by atoms with Crippen molar-refractivity contribution in [2.24, 2.45) is 5.92 Å². The molecule has 0 aromatic rings. The van der Waals surface area contributed by atoms with Gasteiger partial charge in [-0.05, 0) is 38.6 Å². The van der Waals surface area contributed by atoms with Gasteiger partial charge in [0.15, 0.2) is 0 Å². The van der Waals surface area contributed by atoms with Crippen LogP contribution in [0.3, 0.4) is 0 Å². The molecule has 1 saturated heterocycles. The number of aliphatic carboxylic acids is 1. The molecular weight excluding hydrogens is 216 g/mol. The Bertz CT molecular complexity index is 248. The summed E-state index contributed by atoms with van der Waals surface area (Å²) in [5.74, 6) is -0.126. The molecule has 2 N–H and O–H groups in total. The van der Waals surface area contributed by atoms with Gasteiger partial charge in [0.2, 0.25) is 0 Å². The molecule has 0 aromatic heterocycles. The van der Waals surface area contributed by atoms with Gasteiger partial charge >= 0.3 is 5.97 Å². The van der Waals surface area contributed by atoms with Crippen molar-refractivity contribution >= 4 is 5.97 Å². The Labute approximate surface area is 104 Å². The van der Waals surface area contributed by atoms with Gasteiger partial charge in [0.1, 0.15) is 5.54 Å². The molecule has 0 saturated carbocycles. The second kappa shape index (κ2) is 6.36. The monoisotopic (exact) mass is 242 g/mol. The van der Waals surface area contributed by atoms with Crippen LogP contribution < -0.4 is 5.32 Å². The van der Waals surface area contributed by atoms with Gasteiger partial charge in [0.05, 0.1) is 0 Å². The summed E-state index contributed by atoms with van der Waals surface area (Å²) in [6.07, 6.45) is 2.73. The fraction of sp³-hybridized carbons (Fsp3) is 0.923. The largest absolute Gasteiger partial charge is 0.480 e. The minimum atomic E-state index is -0.698. The molecule has 100 valence electrons. The molecule has 0 aromatic carbocycles. The van der Waals surface area contributed by atoms with Gasteiger partial charge in [0.25, 0.3) is 0 Å². The third kappa shape index (κ3) is 3.96. The Kier molecular flexibility index (Phi) is 5.40. The summed E-state index contributed by atoms with van der Waals surface area (Å²) >= 11 is 0. The smallest absolute Gasteiger partial charge is 0.323 e. The van der Waals surface area contributed by atoms with Gasteiger partial charge in [-0.15, -0.1) is 0 Å². The van der Waals surface area contributed by atoms with Gasteiger partial charge in [0, 0.05) is 19.6 Å². The zero-order valence-corrected chi connectivity index (χ0v) is 11.3. The topological polar surface area (TPSA) is 52.6 Å². The molecule has 4 nitrogen and oxygen atoms in total. The lowest BCUT2D eigenvalue weighted by Crippen LogP contribution is -2.53. The zero-order valence-electron chi connectivity index (χ0n) is 11.3. The van der Waals surface area contributed by atoms with E-state index in [0.717, 1.165) is 45.4 Å². The van der Waals surface area contributed by atoms with Gasteiger partial charge in [-0.25, -0.2) is 0 Å². The van der Waals surface area contributed by atoms with Crippen molar-refractivity contribution in [3.63, 3.8) is 0 Å². The first kappa shape index (κ1) is 14.5. The molecule has 0 radical (unpaired) electrons. The molecule has 1 unspecified atom stereocenters. The predicted molar refractivity (Wildman–Crippen MR) is 69.2 cm³/mol. The maximum absolute atomic E-state index is 11.6. The van der Waals surface area contributed by atoms with Crippen LogP contribution in [0.15, 0.2) is 0 Å². The molecule has 1 atom stereocenters. The highest BCUT2D eigenvalue weighted by Gasteiger charge is 2.39. The van der Waals surface area contributed by atoms with E-state index in [4.69, 9.17) is 0 Å².